The first-order valence-electron chi connectivity index (χ1n) is 6.83. The third-order valence-electron chi connectivity index (χ3n) is 4.23. The zero-order valence-corrected chi connectivity index (χ0v) is 12.1. The monoisotopic (exact) mass is 276 g/mol. The van der Waals surface area contributed by atoms with Crippen LogP contribution in [-0.4, -0.2) is 40.0 Å². The minimum absolute atomic E-state index is 0.0109. The maximum Gasteiger partial charge on any atom is 0.311 e. The highest BCUT2D eigenvalue weighted by molar-refractivity contribution is 5.93. The average Bonchev–Trinajstić information content (AvgIpc) is 2.84. The molecular weight excluding hydrogens is 256 g/mol. The number of rotatable bonds is 3. The van der Waals surface area contributed by atoms with Crippen molar-refractivity contribution in [2.45, 2.75) is 27.2 Å². The summed E-state index contributed by atoms with van der Waals surface area (Å²) in [5.74, 6) is -1.01. The van der Waals surface area contributed by atoms with Gasteiger partial charge in [-0.1, -0.05) is 19.9 Å². The number of hydrogen-bond acceptors (Lipinski definition) is 3. The average molecular weight is 276 g/mol. The van der Waals surface area contributed by atoms with Crippen molar-refractivity contribution < 1.29 is 14.7 Å². The fourth-order valence-corrected chi connectivity index (χ4v) is 2.72. The summed E-state index contributed by atoms with van der Waals surface area (Å²) in [4.78, 5) is 29.8. The molecule has 108 valence electrons. The van der Waals surface area contributed by atoms with Crippen molar-refractivity contribution in [1.82, 2.24) is 9.88 Å². The summed E-state index contributed by atoms with van der Waals surface area (Å²) in [5.41, 5.74) is 0.331. The molecule has 0 spiro atoms. The molecular formula is C15H20N2O3. The van der Waals surface area contributed by atoms with Crippen molar-refractivity contribution in [2.24, 2.45) is 11.3 Å². The lowest BCUT2D eigenvalue weighted by Crippen LogP contribution is -2.40. The number of aliphatic carboxylic acids is 1. The molecule has 20 heavy (non-hydrogen) atoms. The highest BCUT2D eigenvalue weighted by Gasteiger charge is 2.48. The minimum atomic E-state index is -0.834. The predicted octanol–water partition coefficient (Wildman–Crippen LogP) is 1.96. The maximum absolute atomic E-state index is 12.4. The van der Waals surface area contributed by atoms with Gasteiger partial charge in [-0.25, -0.2) is 4.98 Å². The number of carbonyl (C=O) groups excluding carboxylic acids is 1. The summed E-state index contributed by atoms with van der Waals surface area (Å²) in [5, 5.41) is 9.49. The lowest BCUT2D eigenvalue weighted by molar-refractivity contribution is -0.150. The van der Waals surface area contributed by atoms with Gasteiger partial charge in [-0.3, -0.25) is 9.59 Å². The number of carbonyl (C=O) groups is 2. The van der Waals surface area contributed by atoms with E-state index in [1.807, 2.05) is 26.8 Å². The number of aromatic nitrogens is 1. The molecule has 1 aliphatic rings. The summed E-state index contributed by atoms with van der Waals surface area (Å²) in [6.45, 7) is 6.35. The van der Waals surface area contributed by atoms with Gasteiger partial charge in [-0.05, 0) is 31.4 Å². The Morgan fingerprint density at radius 1 is 1.40 bits per heavy atom. The van der Waals surface area contributed by atoms with Crippen LogP contribution in [0.25, 0.3) is 0 Å². The molecule has 0 radical (unpaired) electrons. The molecule has 1 atom stereocenters. The fourth-order valence-electron chi connectivity index (χ4n) is 2.72. The lowest BCUT2D eigenvalue weighted by Gasteiger charge is -2.28. The van der Waals surface area contributed by atoms with Crippen molar-refractivity contribution in [1.29, 1.82) is 0 Å². The van der Waals surface area contributed by atoms with E-state index in [0.717, 1.165) is 5.69 Å². The normalized spacial score (nSPS) is 22.3. The van der Waals surface area contributed by atoms with E-state index in [-0.39, 0.29) is 18.4 Å². The Kier molecular flexibility index (Phi) is 3.79. The SMILES string of the molecule is Cc1cccc(C(=O)N2CCC(C(=O)O)(C(C)C)C2)n1. The van der Waals surface area contributed by atoms with Crippen molar-refractivity contribution >= 4 is 11.9 Å². The summed E-state index contributed by atoms with van der Waals surface area (Å²) in [7, 11) is 0. The van der Waals surface area contributed by atoms with Crippen LogP contribution in [0.4, 0.5) is 0 Å². The fraction of sp³-hybridized carbons (Fsp3) is 0.533. The molecule has 5 heteroatoms. The summed E-state index contributed by atoms with van der Waals surface area (Å²) in [6.07, 6.45) is 0.498. The van der Waals surface area contributed by atoms with Crippen LogP contribution in [0.3, 0.4) is 0 Å². The molecule has 1 aromatic rings. The molecule has 0 bridgehead atoms. The van der Waals surface area contributed by atoms with E-state index >= 15 is 0 Å². The second kappa shape index (κ2) is 5.23. The zero-order chi connectivity index (χ0) is 14.9. The molecule has 1 fully saturated rings. The van der Waals surface area contributed by atoms with E-state index in [0.29, 0.717) is 18.7 Å². The van der Waals surface area contributed by atoms with Gasteiger partial charge in [-0.15, -0.1) is 0 Å². The molecule has 2 rings (SSSR count). The zero-order valence-electron chi connectivity index (χ0n) is 12.1. The molecule has 1 aliphatic heterocycles. The van der Waals surface area contributed by atoms with Gasteiger partial charge in [0.25, 0.3) is 5.91 Å². The van der Waals surface area contributed by atoms with E-state index in [9.17, 15) is 14.7 Å². The van der Waals surface area contributed by atoms with Gasteiger partial charge in [0.15, 0.2) is 0 Å². The first kappa shape index (κ1) is 14.5. The first-order chi connectivity index (χ1) is 9.36. The smallest absolute Gasteiger partial charge is 0.311 e. The number of carboxylic acid groups (broad SMARTS) is 1. The Labute approximate surface area is 118 Å². The third kappa shape index (κ3) is 2.40. The molecule has 1 aromatic heterocycles. The number of pyridine rings is 1. The van der Waals surface area contributed by atoms with Crippen LogP contribution in [0.2, 0.25) is 0 Å². The minimum Gasteiger partial charge on any atom is -0.481 e. The number of nitrogens with zero attached hydrogens (tertiary/aromatic N) is 2. The third-order valence-corrected chi connectivity index (χ3v) is 4.23. The Hall–Kier alpha value is -1.91. The van der Waals surface area contributed by atoms with E-state index < -0.39 is 11.4 Å². The van der Waals surface area contributed by atoms with Gasteiger partial charge in [-0.2, -0.15) is 0 Å². The molecule has 1 unspecified atom stereocenters. The number of carboxylic acids is 1. The second-order valence-corrected chi connectivity index (χ2v) is 5.76. The van der Waals surface area contributed by atoms with Crippen molar-refractivity contribution in [2.75, 3.05) is 13.1 Å². The summed E-state index contributed by atoms with van der Waals surface area (Å²) < 4.78 is 0. The van der Waals surface area contributed by atoms with Crippen LogP contribution < -0.4 is 0 Å². The van der Waals surface area contributed by atoms with Gasteiger partial charge in [0, 0.05) is 18.8 Å². The van der Waals surface area contributed by atoms with Crippen molar-refractivity contribution in [3.05, 3.63) is 29.6 Å². The van der Waals surface area contributed by atoms with E-state index in [2.05, 4.69) is 4.98 Å². The molecule has 2 heterocycles. The quantitative estimate of drug-likeness (QED) is 0.916. The molecule has 1 amide bonds. The maximum atomic E-state index is 12.4. The summed E-state index contributed by atoms with van der Waals surface area (Å²) >= 11 is 0. The van der Waals surface area contributed by atoms with Gasteiger partial charge in [0.2, 0.25) is 0 Å². The van der Waals surface area contributed by atoms with Crippen molar-refractivity contribution in [3.63, 3.8) is 0 Å². The molecule has 0 saturated carbocycles. The molecule has 1 saturated heterocycles. The molecule has 0 aromatic carbocycles. The Bertz CT molecular complexity index is 542. The Morgan fingerprint density at radius 3 is 2.60 bits per heavy atom. The van der Waals surface area contributed by atoms with Gasteiger partial charge in [0.05, 0.1) is 5.41 Å². The Balaban J connectivity index is 2.21. The Morgan fingerprint density at radius 2 is 2.10 bits per heavy atom. The van der Waals surface area contributed by atoms with E-state index in [1.54, 1.807) is 17.0 Å². The van der Waals surface area contributed by atoms with Crippen molar-refractivity contribution in [3.8, 4) is 0 Å². The largest absolute Gasteiger partial charge is 0.481 e. The van der Waals surface area contributed by atoms with Crippen LogP contribution >= 0.6 is 0 Å². The molecule has 0 aliphatic carbocycles. The van der Waals surface area contributed by atoms with Crippen LogP contribution in [0, 0.1) is 18.3 Å². The van der Waals surface area contributed by atoms with Gasteiger partial charge >= 0.3 is 5.97 Å². The highest BCUT2D eigenvalue weighted by Crippen LogP contribution is 2.38. The van der Waals surface area contributed by atoms with Gasteiger partial charge < -0.3 is 10.0 Å². The first-order valence-corrected chi connectivity index (χ1v) is 6.83. The summed E-state index contributed by atoms with van der Waals surface area (Å²) in [6, 6.07) is 5.29. The van der Waals surface area contributed by atoms with Crippen LogP contribution in [-0.2, 0) is 4.79 Å². The molecule has 1 N–H and O–H groups in total. The van der Waals surface area contributed by atoms with Crippen LogP contribution in [0.15, 0.2) is 18.2 Å². The van der Waals surface area contributed by atoms with Crippen LogP contribution in [0.1, 0.15) is 36.5 Å². The van der Waals surface area contributed by atoms with E-state index in [4.69, 9.17) is 0 Å². The van der Waals surface area contributed by atoms with Crippen LogP contribution in [0.5, 0.6) is 0 Å². The predicted molar refractivity (Wildman–Crippen MR) is 74.4 cm³/mol. The topological polar surface area (TPSA) is 70.5 Å². The number of likely N-dealkylation sites (tertiary alicyclic amines) is 1. The highest BCUT2D eigenvalue weighted by atomic mass is 16.4. The number of hydrogen-bond donors (Lipinski definition) is 1. The standard InChI is InChI=1S/C15H20N2O3/c1-10(2)15(14(19)20)7-8-17(9-15)13(18)12-6-4-5-11(3)16-12/h4-6,10H,7-9H2,1-3H3,(H,19,20). The number of aryl methyl sites for hydroxylation is 1. The van der Waals surface area contributed by atoms with Gasteiger partial charge in [0.1, 0.15) is 5.69 Å². The lowest BCUT2D eigenvalue weighted by atomic mass is 9.76. The van der Waals surface area contributed by atoms with E-state index in [1.165, 1.54) is 0 Å². The second-order valence-electron chi connectivity index (χ2n) is 5.76. The number of amides is 1. The molecule has 5 nitrogen and oxygen atoms in total.